The van der Waals surface area contributed by atoms with Gasteiger partial charge in [-0.1, -0.05) is 54.0 Å². The topological polar surface area (TPSA) is 66.8 Å². The van der Waals surface area contributed by atoms with Gasteiger partial charge in [-0.2, -0.15) is 0 Å². The predicted octanol–water partition coefficient (Wildman–Crippen LogP) is 6.88. The van der Waals surface area contributed by atoms with E-state index in [-0.39, 0.29) is 57.0 Å². The number of aliphatic hydroxyl groups excluding tert-OH is 1. The fourth-order valence-electron chi connectivity index (χ4n) is 11.2. The standard InChI is InChI=1S/C34H53NO4/c1-29(2)25-11-14-34(7)27(32(25,5)13-12-26(29)37)24(36)19-22-23-20-31(4,28(38)35(8)39-21-9-10-21)16-15-30(23,3)17-18-33(22,34)6/h19,21,23,25-27,37H,9-18,20H2,1-8H3/t23-,25?,26-,27+,30+,31-,32-,33+,34+/m0/s1. The van der Waals surface area contributed by atoms with Gasteiger partial charge in [0.1, 0.15) is 0 Å². The van der Waals surface area contributed by atoms with Crippen LogP contribution in [0.25, 0.3) is 0 Å². The second kappa shape index (κ2) is 8.43. The lowest BCUT2D eigenvalue weighted by Gasteiger charge is -2.70. The van der Waals surface area contributed by atoms with E-state index in [4.69, 9.17) is 4.84 Å². The average Bonchev–Trinajstić information content (AvgIpc) is 3.67. The van der Waals surface area contributed by atoms with Crippen molar-refractivity contribution in [1.29, 1.82) is 0 Å². The fraction of sp³-hybridized carbons (Fsp3) is 0.882. The van der Waals surface area contributed by atoms with Gasteiger partial charge in [-0.25, -0.2) is 5.06 Å². The Morgan fingerprint density at radius 3 is 2.26 bits per heavy atom. The molecule has 1 unspecified atom stereocenters. The highest BCUT2D eigenvalue weighted by Crippen LogP contribution is 2.75. The van der Waals surface area contributed by atoms with E-state index < -0.39 is 5.41 Å². The highest BCUT2D eigenvalue weighted by Gasteiger charge is 2.70. The van der Waals surface area contributed by atoms with Crippen molar-refractivity contribution < 1.29 is 19.5 Å². The van der Waals surface area contributed by atoms with E-state index in [0.29, 0.717) is 11.7 Å². The molecule has 6 aliphatic rings. The number of amides is 1. The van der Waals surface area contributed by atoms with Gasteiger partial charge in [-0.05, 0) is 116 Å². The number of fused-ring (bicyclic) bond motifs is 7. The third kappa shape index (κ3) is 3.70. The summed E-state index contributed by atoms with van der Waals surface area (Å²) in [4.78, 5) is 34.1. The number of carbonyl (C=O) groups excluding carboxylic acids is 2. The average molecular weight is 540 g/mol. The van der Waals surface area contributed by atoms with Crippen LogP contribution in [0.3, 0.4) is 0 Å². The van der Waals surface area contributed by atoms with E-state index in [1.165, 1.54) is 10.6 Å². The normalized spacial score (nSPS) is 50.6. The summed E-state index contributed by atoms with van der Waals surface area (Å²) >= 11 is 0. The van der Waals surface area contributed by atoms with E-state index >= 15 is 0 Å². The zero-order valence-electron chi connectivity index (χ0n) is 25.9. The van der Waals surface area contributed by atoms with Crippen LogP contribution in [0, 0.1) is 50.2 Å². The molecule has 5 saturated carbocycles. The molecule has 0 aromatic carbocycles. The highest BCUT2D eigenvalue weighted by molar-refractivity contribution is 5.95. The molecule has 5 nitrogen and oxygen atoms in total. The Labute approximate surface area is 236 Å². The van der Waals surface area contributed by atoms with Crippen LogP contribution in [0.4, 0.5) is 0 Å². The smallest absolute Gasteiger partial charge is 0.251 e. The number of carbonyl (C=O) groups is 2. The van der Waals surface area contributed by atoms with Crippen molar-refractivity contribution >= 4 is 11.7 Å². The Balaban J connectivity index is 1.38. The molecule has 218 valence electrons. The summed E-state index contributed by atoms with van der Waals surface area (Å²) in [6, 6.07) is 0. The molecular formula is C34H53NO4. The number of hydrogen-bond acceptors (Lipinski definition) is 4. The second-order valence-electron chi connectivity index (χ2n) is 16.7. The number of ketones is 1. The SMILES string of the molecule is CN(OC1CC1)C(=O)[C@@]1(C)CC[C@]2(C)CC[C@]3(C)C(=CC(=O)[C@@H]4[C@@]5(C)CC[C@H](O)C(C)(C)C5CC[C@]43C)[C@@H]2C1. The molecule has 6 rings (SSSR count). The molecule has 5 heteroatoms. The van der Waals surface area contributed by atoms with E-state index in [1.807, 2.05) is 0 Å². The van der Waals surface area contributed by atoms with Gasteiger partial charge in [0.25, 0.3) is 5.91 Å². The molecule has 0 aliphatic heterocycles. The summed E-state index contributed by atoms with van der Waals surface area (Å²) in [6.07, 6.45) is 12.9. The molecule has 0 bridgehead atoms. The maximum absolute atomic E-state index is 14.5. The highest BCUT2D eigenvalue weighted by atomic mass is 16.7. The Hall–Kier alpha value is -1.20. The molecular weight excluding hydrogens is 486 g/mol. The maximum atomic E-state index is 14.5. The summed E-state index contributed by atoms with van der Waals surface area (Å²) in [5.41, 5.74) is 0.568. The van der Waals surface area contributed by atoms with Gasteiger partial charge in [0, 0.05) is 18.4 Å². The molecule has 5 fully saturated rings. The largest absolute Gasteiger partial charge is 0.393 e. The van der Waals surface area contributed by atoms with Crippen molar-refractivity contribution in [3.05, 3.63) is 11.6 Å². The maximum Gasteiger partial charge on any atom is 0.251 e. The van der Waals surface area contributed by atoms with Crippen LogP contribution >= 0.6 is 0 Å². The molecule has 0 saturated heterocycles. The van der Waals surface area contributed by atoms with E-state index in [9.17, 15) is 14.7 Å². The monoisotopic (exact) mass is 539 g/mol. The second-order valence-corrected chi connectivity index (χ2v) is 16.7. The third-order valence-electron chi connectivity index (χ3n) is 14.2. The van der Waals surface area contributed by atoms with Crippen molar-refractivity contribution in [3.8, 4) is 0 Å². The van der Waals surface area contributed by atoms with Crippen LogP contribution in [0.5, 0.6) is 0 Å². The number of hydroxylamine groups is 2. The van der Waals surface area contributed by atoms with Crippen LogP contribution in [0.15, 0.2) is 11.6 Å². The number of rotatable bonds is 3. The zero-order chi connectivity index (χ0) is 28.4. The minimum Gasteiger partial charge on any atom is -0.393 e. The van der Waals surface area contributed by atoms with Crippen LogP contribution < -0.4 is 0 Å². The van der Waals surface area contributed by atoms with Crippen molar-refractivity contribution in [3.63, 3.8) is 0 Å². The molecule has 0 spiro atoms. The number of hydrogen-bond donors (Lipinski definition) is 1. The summed E-state index contributed by atoms with van der Waals surface area (Å²) in [5, 5.41) is 12.5. The number of allylic oxidation sites excluding steroid dienone is 2. The van der Waals surface area contributed by atoms with Gasteiger partial charge in [-0.15, -0.1) is 0 Å². The lowest BCUT2D eigenvalue weighted by atomic mass is 9.33. The molecule has 0 aromatic rings. The Morgan fingerprint density at radius 2 is 1.59 bits per heavy atom. The first kappa shape index (κ1) is 27.9. The quantitative estimate of drug-likeness (QED) is 0.397. The van der Waals surface area contributed by atoms with Crippen molar-refractivity contribution in [1.82, 2.24) is 5.06 Å². The van der Waals surface area contributed by atoms with Gasteiger partial charge in [0.2, 0.25) is 0 Å². The van der Waals surface area contributed by atoms with Crippen molar-refractivity contribution in [2.45, 2.75) is 131 Å². The molecule has 0 aromatic heterocycles. The lowest BCUT2D eigenvalue weighted by Crippen LogP contribution is -2.66. The fourth-order valence-corrected chi connectivity index (χ4v) is 11.2. The van der Waals surface area contributed by atoms with Gasteiger partial charge >= 0.3 is 0 Å². The van der Waals surface area contributed by atoms with Crippen LogP contribution in [0.1, 0.15) is 119 Å². The predicted molar refractivity (Wildman–Crippen MR) is 152 cm³/mol. The number of aliphatic hydroxyl groups is 1. The van der Waals surface area contributed by atoms with E-state index in [0.717, 1.165) is 70.6 Å². The minimum absolute atomic E-state index is 0.0108. The zero-order valence-corrected chi connectivity index (χ0v) is 25.9. The van der Waals surface area contributed by atoms with Crippen LogP contribution in [-0.4, -0.2) is 41.1 Å². The Morgan fingerprint density at radius 1 is 0.923 bits per heavy atom. The first-order valence-corrected chi connectivity index (χ1v) is 15.9. The van der Waals surface area contributed by atoms with Crippen LogP contribution in [-0.2, 0) is 14.4 Å². The Kier molecular flexibility index (Phi) is 6.04. The molecule has 1 amide bonds. The van der Waals surface area contributed by atoms with E-state index in [2.05, 4.69) is 54.5 Å². The van der Waals surface area contributed by atoms with E-state index in [1.54, 1.807) is 7.05 Å². The van der Waals surface area contributed by atoms with Crippen molar-refractivity contribution in [2.75, 3.05) is 7.05 Å². The van der Waals surface area contributed by atoms with Crippen molar-refractivity contribution in [2.24, 2.45) is 50.2 Å². The first-order valence-electron chi connectivity index (χ1n) is 15.9. The minimum atomic E-state index is -0.471. The number of nitrogens with zero attached hydrogens (tertiary/aromatic N) is 1. The van der Waals surface area contributed by atoms with Gasteiger partial charge in [0.05, 0.1) is 12.2 Å². The summed E-state index contributed by atoms with van der Waals surface area (Å²) in [5.74, 6) is 1.00. The first-order chi connectivity index (χ1) is 18.0. The summed E-state index contributed by atoms with van der Waals surface area (Å²) in [7, 11) is 1.79. The molecule has 6 aliphatic carbocycles. The molecule has 39 heavy (non-hydrogen) atoms. The molecule has 0 heterocycles. The van der Waals surface area contributed by atoms with Gasteiger partial charge in [-0.3, -0.25) is 14.4 Å². The van der Waals surface area contributed by atoms with Gasteiger partial charge in [0.15, 0.2) is 5.78 Å². The van der Waals surface area contributed by atoms with Gasteiger partial charge < -0.3 is 5.11 Å². The molecule has 1 N–H and O–H groups in total. The van der Waals surface area contributed by atoms with Crippen LogP contribution in [0.2, 0.25) is 0 Å². The lowest BCUT2D eigenvalue weighted by molar-refractivity contribution is -0.205. The summed E-state index contributed by atoms with van der Waals surface area (Å²) < 4.78 is 0. The molecule has 9 atom stereocenters. The third-order valence-corrected chi connectivity index (χ3v) is 14.2. The molecule has 0 radical (unpaired) electrons. The summed E-state index contributed by atoms with van der Waals surface area (Å²) in [6.45, 7) is 16.3. The Bertz CT molecular complexity index is 1110.